The van der Waals surface area contributed by atoms with Crippen molar-refractivity contribution in [3.63, 3.8) is 0 Å². The van der Waals surface area contributed by atoms with Crippen molar-refractivity contribution in [3.8, 4) is 0 Å². The van der Waals surface area contributed by atoms with Crippen molar-refractivity contribution in [1.82, 2.24) is 14.6 Å². The van der Waals surface area contributed by atoms with Gasteiger partial charge in [0.25, 0.3) is 0 Å². The maximum atomic E-state index is 4.51. The standard InChI is InChI=1S/C13H10BrN3/c14-11-7-4-8-17-13(11)15-12(16-17)9-10-5-2-1-3-6-10/h1-8H,9H2. The van der Waals surface area contributed by atoms with Crippen LogP contribution in [-0.2, 0) is 6.42 Å². The maximum absolute atomic E-state index is 4.51. The maximum Gasteiger partial charge on any atom is 0.169 e. The van der Waals surface area contributed by atoms with Crippen molar-refractivity contribution >= 4 is 21.6 Å². The molecule has 0 aliphatic rings. The van der Waals surface area contributed by atoms with Crippen LogP contribution in [0.25, 0.3) is 5.65 Å². The van der Waals surface area contributed by atoms with Gasteiger partial charge in [-0.25, -0.2) is 9.50 Å². The normalized spacial score (nSPS) is 10.9. The molecule has 3 rings (SSSR count). The highest BCUT2D eigenvalue weighted by Crippen LogP contribution is 2.16. The van der Waals surface area contributed by atoms with Crippen LogP contribution >= 0.6 is 15.9 Å². The first-order valence-electron chi connectivity index (χ1n) is 5.36. The summed E-state index contributed by atoms with van der Waals surface area (Å²) in [4.78, 5) is 4.51. The van der Waals surface area contributed by atoms with Crippen molar-refractivity contribution in [1.29, 1.82) is 0 Å². The van der Waals surface area contributed by atoms with Crippen LogP contribution in [0.2, 0.25) is 0 Å². The summed E-state index contributed by atoms with van der Waals surface area (Å²) in [7, 11) is 0. The second kappa shape index (κ2) is 4.30. The Balaban J connectivity index is 1.99. The third-order valence-corrected chi connectivity index (χ3v) is 3.18. The Morgan fingerprint density at radius 2 is 1.88 bits per heavy atom. The van der Waals surface area contributed by atoms with E-state index in [1.807, 2.05) is 36.5 Å². The SMILES string of the molecule is Brc1cccn2nc(Cc3ccccc3)nc12. The average Bonchev–Trinajstić information content (AvgIpc) is 2.74. The number of benzene rings is 1. The lowest BCUT2D eigenvalue weighted by molar-refractivity contribution is 0.899. The van der Waals surface area contributed by atoms with E-state index in [9.17, 15) is 0 Å². The van der Waals surface area contributed by atoms with E-state index >= 15 is 0 Å². The summed E-state index contributed by atoms with van der Waals surface area (Å²) in [5.41, 5.74) is 2.08. The number of aromatic nitrogens is 3. The van der Waals surface area contributed by atoms with E-state index < -0.39 is 0 Å². The predicted molar refractivity (Wildman–Crippen MR) is 69.9 cm³/mol. The minimum absolute atomic E-state index is 0.759. The fourth-order valence-corrected chi connectivity index (χ4v) is 2.19. The molecule has 0 aliphatic carbocycles. The third kappa shape index (κ3) is 2.08. The van der Waals surface area contributed by atoms with E-state index in [-0.39, 0.29) is 0 Å². The molecule has 0 atom stereocenters. The minimum atomic E-state index is 0.759. The van der Waals surface area contributed by atoms with Gasteiger partial charge >= 0.3 is 0 Å². The topological polar surface area (TPSA) is 30.2 Å². The van der Waals surface area contributed by atoms with Gasteiger partial charge in [0.15, 0.2) is 11.5 Å². The second-order valence-corrected chi connectivity index (χ2v) is 4.67. The third-order valence-electron chi connectivity index (χ3n) is 2.56. The first-order chi connectivity index (χ1) is 8.33. The van der Waals surface area contributed by atoms with Crippen LogP contribution in [-0.4, -0.2) is 14.6 Å². The van der Waals surface area contributed by atoms with Gasteiger partial charge in [-0.1, -0.05) is 30.3 Å². The van der Waals surface area contributed by atoms with Crippen LogP contribution in [0.3, 0.4) is 0 Å². The summed E-state index contributed by atoms with van der Waals surface area (Å²) < 4.78 is 2.76. The Kier molecular flexibility index (Phi) is 2.65. The molecule has 0 spiro atoms. The molecule has 0 unspecified atom stereocenters. The van der Waals surface area contributed by atoms with Crippen LogP contribution in [0.5, 0.6) is 0 Å². The van der Waals surface area contributed by atoms with Crippen LogP contribution in [0, 0.1) is 0 Å². The van der Waals surface area contributed by atoms with E-state index in [0.717, 1.165) is 22.4 Å². The number of nitrogens with zero attached hydrogens (tertiary/aromatic N) is 3. The van der Waals surface area contributed by atoms with Crippen LogP contribution in [0.4, 0.5) is 0 Å². The zero-order valence-electron chi connectivity index (χ0n) is 9.05. The van der Waals surface area contributed by atoms with Gasteiger partial charge in [-0.15, -0.1) is 0 Å². The Hall–Kier alpha value is -1.68. The Morgan fingerprint density at radius 1 is 1.06 bits per heavy atom. The Morgan fingerprint density at radius 3 is 2.65 bits per heavy atom. The minimum Gasteiger partial charge on any atom is -0.220 e. The van der Waals surface area contributed by atoms with Crippen molar-refractivity contribution in [3.05, 3.63) is 64.5 Å². The molecule has 0 bridgehead atoms. The van der Waals surface area contributed by atoms with E-state index in [4.69, 9.17) is 0 Å². The molecule has 2 aromatic heterocycles. The van der Waals surface area contributed by atoms with Gasteiger partial charge in [-0.3, -0.25) is 0 Å². The molecule has 84 valence electrons. The second-order valence-electron chi connectivity index (χ2n) is 3.81. The number of rotatable bonds is 2. The van der Waals surface area contributed by atoms with E-state index in [0.29, 0.717) is 0 Å². The molecule has 0 fully saturated rings. The predicted octanol–water partition coefficient (Wildman–Crippen LogP) is 3.08. The number of hydrogen-bond acceptors (Lipinski definition) is 2. The number of hydrogen-bond donors (Lipinski definition) is 0. The van der Waals surface area contributed by atoms with Crippen LogP contribution < -0.4 is 0 Å². The fraction of sp³-hybridized carbons (Fsp3) is 0.0769. The quantitative estimate of drug-likeness (QED) is 0.725. The molecule has 0 N–H and O–H groups in total. The highest BCUT2D eigenvalue weighted by atomic mass is 79.9. The molecule has 0 radical (unpaired) electrons. The molecule has 1 aromatic carbocycles. The van der Waals surface area contributed by atoms with Crippen molar-refractivity contribution in [2.75, 3.05) is 0 Å². The molecule has 4 heteroatoms. The van der Waals surface area contributed by atoms with E-state index in [1.54, 1.807) is 4.52 Å². The molecule has 3 nitrogen and oxygen atoms in total. The number of pyridine rings is 1. The largest absolute Gasteiger partial charge is 0.220 e. The summed E-state index contributed by atoms with van der Waals surface area (Å²) in [6.07, 6.45) is 2.66. The molecule has 2 heterocycles. The van der Waals surface area contributed by atoms with Gasteiger partial charge in [0.1, 0.15) is 0 Å². The van der Waals surface area contributed by atoms with Crippen LogP contribution in [0.1, 0.15) is 11.4 Å². The summed E-state index contributed by atoms with van der Waals surface area (Å²) >= 11 is 3.47. The highest BCUT2D eigenvalue weighted by Gasteiger charge is 2.06. The summed E-state index contributed by atoms with van der Waals surface area (Å²) in [5.74, 6) is 0.836. The molecule has 0 saturated heterocycles. The monoisotopic (exact) mass is 287 g/mol. The average molecular weight is 288 g/mol. The van der Waals surface area contributed by atoms with Gasteiger partial charge in [0.05, 0.1) is 4.47 Å². The van der Waals surface area contributed by atoms with Gasteiger partial charge in [-0.2, -0.15) is 5.10 Å². The lowest BCUT2D eigenvalue weighted by Crippen LogP contribution is -1.91. The van der Waals surface area contributed by atoms with E-state index in [1.165, 1.54) is 5.56 Å². The molecular formula is C13H10BrN3. The molecule has 17 heavy (non-hydrogen) atoms. The van der Waals surface area contributed by atoms with E-state index in [2.05, 4.69) is 38.1 Å². The summed E-state index contributed by atoms with van der Waals surface area (Å²) in [5, 5.41) is 4.44. The number of halogens is 1. The molecule has 0 amide bonds. The van der Waals surface area contributed by atoms with Gasteiger partial charge < -0.3 is 0 Å². The van der Waals surface area contributed by atoms with Crippen molar-refractivity contribution < 1.29 is 0 Å². The molecule has 0 aliphatic heterocycles. The van der Waals surface area contributed by atoms with Gasteiger partial charge in [0.2, 0.25) is 0 Å². The van der Waals surface area contributed by atoms with Gasteiger partial charge in [0, 0.05) is 12.6 Å². The first-order valence-corrected chi connectivity index (χ1v) is 6.16. The Labute approximate surface area is 107 Å². The molecular weight excluding hydrogens is 278 g/mol. The Bertz CT molecular complexity index is 646. The summed E-state index contributed by atoms with van der Waals surface area (Å²) in [6.45, 7) is 0. The molecule has 0 saturated carbocycles. The smallest absolute Gasteiger partial charge is 0.169 e. The van der Waals surface area contributed by atoms with Crippen molar-refractivity contribution in [2.24, 2.45) is 0 Å². The first kappa shape index (κ1) is 10.5. The zero-order valence-corrected chi connectivity index (χ0v) is 10.6. The van der Waals surface area contributed by atoms with Gasteiger partial charge in [-0.05, 0) is 33.6 Å². The zero-order chi connectivity index (χ0) is 11.7. The highest BCUT2D eigenvalue weighted by molar-refractivity contribution is 9.10. The molecule has 3 aromatic rings. The fourth-order valence-electron chi connectivity index (χ4n) is 1.77. The lowest BCUT2D eigenvalue weighted by atomic mass is 10.1. The lowest BCUT2D eigenvalue weighted by Gasteiger charge is -1.94. The van der Waals surface area contributed by atoms with Crippen LogP contribution in [0.15, 0.2) is 53.1 Å². The number of fused-ring (bicyclic) bond motifs is 1. The van der Waals surface area contributed by atoms with Crippen molar-refractivity contribution in [2.45, 2.75) is 6.42 Å². The summed E-state index contributed by atoms with van der Waals surface area (Å²) in [6, 6.07) is 14.1.